The van der Waals surface area contributed by atoms with Crippen LogP contribution in [0.5, 0.6) is 0 Å². The Balaban J connectivity index is 1.85. The average Bonchev–Trinajstić information content (AvgIpc) is 2.75. The minimum absolute atomic E-state index is 0.194. The number of benzene rings is 1. The number of nitriles is 1. The molecular formula is C13H16N4O. The number of likely N-dealkylation sites (N-methyl/N-ethyl adjacent to an activating group) is 1. The lowest BCUT2D eigenvalue weighted by atomic mass is 10.2. The highest BCUT2D eigenvalue weighted by molar-refractivity contribution is 5.89. The van der Waals surface area contributed by atoms with E-state index in [0.717, 1.165) is 19.5 Å². The Hall–Kier alpha value is -2.06. The zero-order chi connectivity index (χ0) is 13.0. The minimum Gasteiger partial charge on any atom is -0.334 e. The van der Waals surface area contributed by atoms with Crippen LogP contribution in [0.25, 0.3) is 0 Å². The van der Waals surface area contributed by atoms with E-state index in [-0.39, 0.29) is 12.1 Å². The summed E-state index contributed by atoms with van der Waals surface area (Å²) in [4.78, 5) is 13.9. The second kappa shape index (κ2) is 5.52. The predicted molar refractivity (Wildman–Crippen MR) is 69.2 cm³/mol. The Morgan fingerprint density at radius 1 is 1.44 bits per heavy atom. The summed E-state index contributed by atoms with van der Waals surface area (Å²) in [6.45, 7) is 1.91. The van der Waals surface area contributed by atoms with Gasteiger partial charge in [-0.3, -0.25) is 0 Å². The highest BCUT2D eigenvalue weighted by Crippen LogP contribution is 2.10. The first-order chi connectivity index (χ1) is 8.67. The van der Waals surface area contributed by atoms with Crippen LogP contribution in [0.3, 0.4) is 0 Å². The third kappa shape index (κ3) is 3.22. The summed E-state index contributed by atoms with van der Waals surface area (Å²) in [7, 11) is 2.04. The Bertz CT molecular complexity index is 463. The molecular weight excluding hydrogens is 228 g/mol. The molecule has 1 fully saturated rings. The number of nitrogens with zero attached hydrogens (tertiary/aromatic N) is 2. The summed E-state index contributed by atoms with van der Waals surface area (Å²) < 4.78 is 0. The molecule has 2 rings (SSSR count). The minimum atomic E-state index is -0.194. The highest BCUT2D eigenvalue weighted by Gasteiger charge is 2.20. The molecule has 0 aromatic heterocycles. The molecule has 1 saturated heterocycles. The summed E-state index contributed by atoms with van der Waals surface area (Å²) in [6.07, 6.45) is 0.983. The maximum atomic E-state index is 11.7. The van der Waals surface area contributed by atoms with Crippen molar-refractivity contribution in [3.8, 4) is 6.07 Å². The quantitative estimate of drug-likeness (QED) is 0.826. The molecule has 0 unspecified atom stereocenters. The van der Waals surface area contributed by atoms with E-state index in [2.05, 4.69) is 15.5 Å². The number of hydrogen-bond acceptors (Lipinski definition) is 3. The van der Waals surface area contributed by atoms with Crippen molar-refractivity contribution >= 4 is 11.7 Å². The lowest BCUT2D eigenvalue weighted by Gasteiger charge is -2.13. The molecule has 2 amide bonds. The summed E-state index contributed by atoms with van der Waals surface area (Å²) in [6, 6.07) is 8.86. The second-order valence-corrected chi connectivity index (χ2v) is 4.54. The van der Waals surface area contributed by atoms with Crippen LogP contribution in [0, 0.1) is 11.3 Å². The fraction of sp³-hybridized carbons (Fsp3) is 0.385. The fourth-order valence-corrected chi connectivity index (χ4v) is 2.03. The van der Waals surface area contributed by atoms with E-state index in [1.165, 1.54) is 0 Å². The molecule has 0 aliphatic carbocycles. The van der Waals surface area contributed by atoms with Gasteiger partial charge < -0.3 is 15.5 Å². The zero-order valence-corrected chi connectivity index (χ0v) is 10.3. The number of amides is 2. The number of likely N-dealkylation sites (tertiary alicyclic amines) is 1. The number of rotatable bonds is 2. The molecule has 94 valence electrons. The van der Waals surface area contributed by atoms with E-state index in [4.69, 9.17) is 5.26 Å². The summed E-state index contributed by atoms with van der Waals surface area (Å²) in [5, 5.41) is 14.4. The van der Waals surface area contributed by atoms with Crippen molar-refractivity contribution in [2.45, 2.75) is 12.5 Å². The number of urea groups is 1. The lowest BCUT2D eigenvalue weighted by molar-refractivity contribution is 0.248. The molecule has 1 atom stereocenters. The van der Waals surface area contributed by atoms with Crippen LogP contribution in [0.4, 0.5) is 10.5 Å². The van der Waals surface area contributed by atoms with Crippen molar-refractivity contribution in [2.75, 3.05) is 25.5 Å². The number of carbonyl (C=O) groups is 1. The van der Waals surface area contributed by atoms with E-state index >= 15 is 0 Å². The third-order valence-electron chi connectivity index (χ3n) is 3.00. The Morgan fingerprint density at radius 2 is 2.17 bits per heavy atom. The SMILES string of the molecule is CN1CC[C@@H](NC(=O)Nc2ccc(C#N)cc2)C1. The van der Waals surface area contributed by atoms with Crippen LogP contribution in [0.2, 0.25) is 0 Å². The molecule has 1 aliphatic heterocycles. The van der Waals surface area contributed by atoms with Gasteiger partial charge in [0, 0.05) is 18.3 Å². The van der Waals surface area contributed by atoms with Gasteiger partial charge in [0.1, 0.15) is 0 Å². The number of hydrogen-bond donors (Lipinski definition) is 2. The summed E-state index contributed by atoms with van der Waals surface area (Å²) >= 11 is 0. The van der Waals surface area contributed by atoms with Crippen molar-refractivity contribution < 1.29 is 4.79 Å². The number of nitrogens with one attached hydrogen (secondary N) is 2. The Morgan fingerprint density at radius 3 is 2.72 bits per heavy atom. The third-order valence-corrected chi connectivity index (χ3v) is 3.00. The predicted octanol–water partition coefficient (Wildman–Crippen LogP) is 1.38. The largest absolute Gasteiger partial charge is 0.334 e. The first-order valence-corrected chi connectivity index (χ1v) is 5.93. The molecule has 0 radical (unpaired) electrons. The van der Waals surface area contributed by atoms with Gasteiger partial charge in [0.25, 0.3) is 0 Å². The maximum absolute atomic E-state index is 11.7. The Labute approximate surface area is 106 Å². The average molecular weight is 244 g/mol. The van der Waals surface area contributed by atoms with E-state index < -0.39 is 0 Å². The van der Waals surface area contributed by atoms with Gasteiger partial charge in [0.2, 0.25) is 0 Å². The fourth-order valence-electron chi connectivity index (χ4n) is 2.03. The molecule has 18 heavy (non-hydrogen) atoms. The van der Waals surface area contributed by atoms with Gasteiger partial charge in [0.05, 0.1) is 11.6 Å². The van der Waals surface area contributed by atoms with Gasteiger partial charge in [0.15, 0.2) is 0 Å². The molecule has 5 nitrogen and oxygen atoms in total. The van der Waals surface area contributed by atoms with Crippen molar-refractivity contribution in [3.63, 3.8) is 0 Å². The first kappa shape index (κ1) is 12.4. The molecule has 1 aromatic rings. The van der Waals surface area contributed by atoms with Crippen molar-refractivity contribution in [1.82, 2.24) is 10.2 Å². The van der Waals surface area contributed by atoms with Crippen molar-refractivity contribution in [3.05, 3.63) is 29.8 Å². The standard InChI is InChI=1S/C13H16N4O/c1-17-7-6-12(9-17)16-13(18)15-11-4-2-10(8-14)3-5-11/h2-5,12H,6-7,9H2,1H3,(H2,15,16,18)/t12-/m1/s1. The molecule has 2 N–H and O–H groups in total. The van der Waals surface area contributed by atoms with Crippen LogP contribution in [-0.2, 0) is 0 Å². The van der Waals surface area contributed by atoms with E-state index in [0.29, 0.717) is 11.3 Å². The molecule has 5 heteroatoms. The summed E-state index contributed by atoms with van der Waals surface area (Å²) in [5.74, 6) is 0. The maximum Gasteiger partial charge on any atom is 0.319 e. The normalized spacial score (nSPS) is 19.2. The highest BCUT2D eigenvalue weighted by atomic mass is 16.2. The van der Waals surface area contributed by atoms with Crippen LogP contribution in [0.15, 0.2) is 24.3 Å². The topological polar surface area (TPSA) is 68.2 Å². The molecule has 0 spiro atoms. The lowest BCUT2D eigenvalue weighted by Crippen LogP contribution is -2.39. The summed E-state index contributed by atoms with van der Waals surface area (Å²) in [5.41, 5.74) is 1.27. The number of anilines is 1. The van der Waals surface area contributed by atoms with Gasteiger partial charge in [-0.05, 0) is 44.3 Å². The van der Waals surface area contributed by atoms with Gasteiger partial charge in [-0.1, -0.05) is 0 Å². The Kier molecular flexibility index (Phi) is 3.80. The van der Waals surface area contributed by atoms with Gasteiger partial charge >= 0.3 is 6.03 Å². The van der Waals surface area contributed by atoms with E-state index in [9.17, 15) is 4.79 Å². The van der Waals surface area contributed by atoms with E-state index in [1.807, 2.05) is 13.1 Å². The van der Waals surface area contributed by atoms with Gasteiger partial charge in [-0.15, -0.1) is 0 Å². The molecule has 1 aliphatic rings. The molecule has 0 saturated carbocycles. The second-order valence-electron chi connectivity index (χ2n) is 4.54. The monoisotopic (exact) mass is 244 g/mol. The van der Waals surface area contributed by atoms with Crippen LogP contribution in [0.1, 0.15) is 12.0 Å². The first-order valence-electron chi connectivity index (χ1n) is 5.93. The number of carbonyl (C=O) groups excluding carboxylic acids is 1. The smallest absolute Gasteiger partial charge is 0.319 e. The van der Waals surface area contributed by atoms with Gasteiger partial charge in [-0.25, -0.2) is 4.79 Å². The van der Waals surface area contributed by atoms with Crippen molar-refractivity contribution in [1.29, 1.82) is 5.26 Å². The molecule has 0 bridgehead atoms. The van der Waals surface area contributed by atoms with Crippen LogP contribution >= 0.6 is 0 Å². The van der Waals surface area contributed by atoms with Gasteiger partial charge in [-0.2, -0.15) is 5.26 Å². The zero-order valence-electron chi connectivity index (χ0n) is 10.3. The van der Waals surface area contributed by atoms with Crippen LogP contribution < -0.4 is 10.6 Å². The van der Waals surface area contributed by atoms with Crippen LogP contribution in [-0.4, -0.2) is 37.1 Å². The molecule has 1 aromatic carbocycles. The molecule has 1 heterocycles. The van der Waals surface area contributed by atoms with Crippen molar-refractivity contribution in [2.24, 2.45) is 0 Å². The van der Waals surface area contributed by atoms with E-state index in [1.54, 1.807) is 24.3 Å².